The van der Waals surface area contributed by atoms with Gasteiger partial charge in [0.05, 0.1) is 11.5 Å². The van der Waals surface area contributed by atoms with Crippen LogP contribution in [0.15, 0.2) is 84.8 Å². The number of hydrogen-bond donors (Lipinski definition) is 1. The van der Waals surface area contributed by atoms with Crippen LogP contribution >= 0.6 is 0 Å². The summed E-state index contributed by atoms with van der Waals surface area (Å²) < 4.78 is 6.77. The Morgan fingerprint density at radius 3 is 2.22 bits per heavy atom. The Morgan fingerprint density at radius 1 is 0.920 bits per heavy atom. The number of hydrogen-bond acceptors (Lipinski definition) is 4. The zero-order valence-corrected chi connectivity index (χ0v) is 33.6. The zero-order chi connectivity index (χ0) is 35.5. The summed E-state index contributed by atoms with van der Waals surface area (Å²) in [6.45, 7) is 19.0. The molecule has 0 unspecified atom stereocenters. The van der Waals surface area contributed by atoms with Crippen LogP contribution in [0.3, 0.4) is 0 Å². The molecule has 0 aliphatic carbocycles. The van der Waals surface area contributed by atoms with E-state index in [0.717, 1.165) is 76.6 Å². The fourth-order valence-corrected chi connectivity index (χ4v) is 6.65. The molecular formula is C45H52IrNO3-. The van der Waals surface area contributed by atoms with Gasteiger partial charge in [-0.3, -0.25) is 9.78 Å². The van der Waals surface area contributed by atoms with Crippen LogP contribution in [0.2, 0.25) is 0 Å². The molecule has 4 aromatic carbocycles. The van der Waals surface area contributed by atoms with Gasteiger partial charge in [0.1, 0.15) is 5.75 Å². The summed E-state index contributed by atoms with van der Waals surface area (Å²) in [5.41, 5.74) is 6.53. The van der Waals surface area contributed by atoms with Gasteiger partial charge in [0.15, 0.2) is 5.78 Å². The topological polar surface area (TPSA) is 59.4 Å². The summed E-state index contributed by atoms with van der Waals surface area (Å²) in [7, 11) is 0. The third-order valence-corrected chi connectivity index (χ3v) is 10.2. The second kappa shape index (κ2) is 16.0. The number of fused-ring (bicyclic) bond motifs is 3. The first-order chi connectivity index (χ1) is 23.3. The van der Waals surface area contributed by atoms with E-state index in [-0.39, 0.29) is 48.4 Å². The Bertz CT molecular complexity index is 2000. The van der Waals surface area contributed by atoms with Crippen molar-refractivity contribution in [2.75, 3.05) is 0 Å². The van der Waals surface area contributed by atoms with Crippen molar-refractivity contribution >= 4 is 27.3 Å². The van der Waals surface area contributed by atoms with Gasteiger partial charge in [-0.1, -0.05) is 120 Å². The summed E-state index contributed by atoms with van der Waals surface area (Å²) in [5.74, 6) is 2.21. The molecular weight excluding hydrogens is 795 g/mol. The molecule has 1 aliphatic heterocycles. The summed E-state index contributed by atoms with van der Waals surface area (Å²) in [6.07, 6.45) is 7.65. The molecule has 2 heterocycles. The molecule has 1 aromatic heterocycles. The minimum atomic E-state index is -0.319. The first-order valence-corrected chi connectivity index (χ1v) is 17.9. The van der Waals surface area contributed by atoms with Gasteiger partial charge < -0.3 is 9.84 Å². The molecule has 50 heavy (non-hydrogen) atoms. The first-order valence-electron chi connectivity index (χ1n) is 17.9. The van der Waals surface area contributed by atoms with E-state index in [9.17, 15) is 9.90 Å². The van der Waals surface area contributed by atoms with Crippen LogP contribution in [-0.4, -0.2) is 15.9 Å². The van der Waals surface area contributed by atoms with Crippen molar-refractivity contribution in [3.05, 3.63) is 102 Å². The number of carbonyl (C=O) groups excluding carboxylic acids is 1. The molecule has 1 radical (unpaired) electrons. The van der Waals surface area contributed by atoms with E-state index in [1.54, 1.807) is 0 Å². The number of ketones is 1. The number of benzene rings is 4. The number of pyridine rings is 1. The summed E-state index contributed by atoms with van der Waals surface area (Å²) >= 11 is 0. The molecule has 5 heteroatoms. The van der Waals surface area contributed by atoms with Gasteiger partial charge in [0, 0.05) is 54.8 Å². The van der Waals surface area contributed by atoms with Crippen LogP contribution in [0, 0.1) is 29.7 Å². The number of aromatic nitrogens is 1. The fourth-order valence-electron chi connectivity index (χ4n) is 6.65. The second-order valence-corrected chi connectivity index (χ2v) is 15.0. The maximum absolute atomic E-state index is 12.0. The maximum atomic E-state index is 12.0. The van der Waals surface area contributed by atoms with Crippen LogP contribution in [0.1, 0.15) is 92.2 Å². The molecule has 0 spiro atoms. The Hall–Kier alpha value is -3.79. The number of rotatable bonds is 9. The van der Waals surface area contributed by atoms with E-state index in [1.165, 1.54) is 28.2 Å². The normalized spacial score (nSPS) is 12.6. The largest absolute Gasteiger partial charge is 0.512 e. The molecule has 0 amide bonds. The molecule has 0 saturated carbocycles. The molecule has 1 N–H and O–H groups in total. The van der Waals surface area contributed by atoms with E-state index in [2.05, 4.69) is 94.4 Å². The molecule has 5 aromatic rings. The molecule has 1 aliphatic rings. The van der Waals surface area contributed by atoms with E-state index in [0.29, 0.717) is 0 Å². The third kappa shape index (κ3) is 8.22. The van der Waals surface area contributed by atoms with Crippen LogP contribution in [-0.2, 0) is 31.3 Å². The van der Waals surface area contributed by atoms with E-state index < -0.39 is 0 Å². The van der Waals surface area contributed by atoms with Gasteiger partial charge in [-0.25, -0.2) is 0 Å². The van der Waals surface area contributed by atoms with Gasteiger partial charge >= 0.3 is 0 Å². The number of nitrogens with zero attached hydrogens (tertiary/aromatic N) is 1. The molecule has 4 nitrogen and oxygen atoms in total. The van der Waals surface area contributed by atoms with E-state index in [4.69, 9.17) is 9.72 Å². The van der Waals surface area contributed by atoms with E-state index >= 15 is 0 Å². The number of aliphatic hydroxyl groups is 1. The Labute approximate surface area is 312 Å². The summed E-state index contributed by atoms with van der Waals surface area (Å²) in [6, 6.07) is 27.2. The van der Waals surface area contributed by atoms with Crippen molar-refractivity contribution in [2.45, 2.75) is 94.4 Å². The Balaban J connectivity index is 0.000000284. The smallest absolute Gasteiger partial charge is 0.164 e. The molecule has 265 valence electrons. The van der Waals surface area contributed by atoms with Crippen molar-refractivity contribution in [3.8, 4) is 33.9 Å². The zero-order valence-electron chi connectivity index (χ0n) is 31.2. The Morgan fingerprint density at radius 2 is 1.60 bits per heavy atom. The number of aryl methyl sites for hydroxylation is 1. The predicted octanol–water partition coefficient (Wildman–Crippen LogP) is 12.8. The minimum absolute atomic E-state index is 0. The van der Waals surface area contributed by atoms with Gasteiger partial charge in [-0.2, -0.15) is 0 Å². The molecule has 0 saturated heterocycles. The summed E-state index contributed by atoms with van der Waals surface area (Å²) in [4.78, 5) is 16.9. The van der Waals surface area contributed by atoms with E-state index in [1.807, 2.05) is 46.9 Å². The van der Waals surface area contributed by atoms with Crippen molar-refractivity contribution in [2.24, 2.45) is 16.7 Å². The number of aliphatic hydroxyl groups excluding tert-OH is 1. The Kier molecular flexibility index (Phi) is 12.5. The molecule has 0 atom stereocenters. The first kappa shape index (κ1) is 39.0. The monoisotopic (exact) mass is 847 g/mol. The SMILES string of the molecule is CCC(CC)/C(O)=C/C(=O)C(C)(CC)CC.Cc1ccc2[c-]c3c(c(CC(C)(C)C)c2c1)Oc1cc(-c2ccccc2)cc2ccnc-3c12.[Ir]. The molecule has 6 rings (SSSR count). The number of carbonyl (C=O) groups is 1. The summed E-state index contributed by atoms with van der Waals surface area (Å²) in [5, 5.41) is 14.4. The van der Waals surface area contributed by atoms with Crippen molar-refractivity contribution < 1.29 is 34.7 Å². The number of allylic oxidation sites excluding steroid dienone is 2. The average molecular weight is 847 g/mol. The van der Waals surface area contributed by atoms with Crippen molar-refractivity contribution in [1.29, 1.82) is 0 Å². The fraction of sp³-hybridized carbons (Fsp3) is 0.378. The minimum Gasteiger partial charge on any atom is -0.512 e. The second-order valence-electron chi connectivity index (χ2n) is 15.0. The average Bonchev–Trinajstić information content (AvgIpc) is 3.09. The third-order valence-electron chi connectivity index (χ3n) is 10.2. The maximum Gasteiger partial charge on any atom is 0.164 e. The standard InChI is InChI=1S/C31H26NO.C14H26O2.Ir/c1-19-10-11-21-16-25-29-28-22(12-13-32-29)15-23(20-8-6-5-7-9-20)17-27(28)33-30(25)26(24(21)14-19)18-31(2,3)4;1-6-11(7-2)12(15)10-13(16)14(5,8-3)9-4;/h5-15,17H,18H2,1-4H3;10-11,15H,6-9H2,1-5H3;/q-1;;/b;12-10-;. The molecule has 0 fully saturated rings. The van der Waals surface area contributed by atoms with Crippen molar-refractivity contribution in [3.63, 3.8) is 0 Å². The van der Waals surface area contributed by atoms with Gasteiger partial charge in [0.2, 0.25) is 0 Å². The van der Waals surface area contributed by atoms with Crippen LogP contribution in [0.4, 0.5) is 0 Å². The number of ether oxygens (including phenoxy) is 1. The van der Waals surface area contributed by atoms with Crippen LogP contribution in [0.5, 0.6) is 11.5 Å². The van der Waals surface area contributed by atoms with Gasteiger partial charge in [-0.15, -0.1) is 17.5 Å². The molecule has 0 bridgehead atoms. The van der Waals surface area contributed by atoms with Crippen molar-refractivity contribution in [1.82, 2.24) is 4.98 Å². The van der Waals surface area contributed by atoms with Gasteiger partial charge in [0.25, 0.3) is 0 Å². The predicted molar refractivity (Wildman–Crippen MR) is 205 cm³/mol. The quantitative estimate of drug-likeness (QED) is 0.0895. The van der Waals surface area contributed by atoms with Gasteiger partial charge in [-0.05, 0) is 79.2 Å². The van der Waals surface area contributed by atoms with Crippen LogP contribution < -0.4 is 4.74 Å². The van der Waals surface area contributed by atoms with Crippen LogP contribution in [0.25, 0.3) is 43.9 Å².